The first-order chi connectivity index (χ1) is 11.6. The minimum Gasteiger partial charge on any atom is -0.235 e. The molecule has 1 heterocycles. The summed E-state index contributed by atoms with van der Waals surface area (Å²) in [7, 11) is 0. The molecule has 0 aliphatic carbocycles. The van der Waals surface area contributed by atoms with Crippen molar-refractivity contribution in [3.63, 3.8) is 0 Å². The molecule has 0 unspecified atom stereocenters. The quantitative estimate of drug-likeness (QED) is 0.458. The van der Waals surface area contributed by atoms with E-state index in [4.69, 9.17) is 34.8 Å². The van der Waals surface area contributed by atoms with Gasteiger partial charge in [0.2, 0.25) is 0 Å². The number of thiazole rings is 1. The van der Waals surface area contributed by atoms with Crippen LogP contribution in [0.1, 0.15) is 10.6 Å². The van der Waals surface area contributed by atoms with Crippen molar-refractivity contribution in [1.29, 1.82) is 5.26 Å². The van der Waals surface area contributed by atoms with E-state index in [-0.39, 0.29) is 0 Å². The van der Waals surface area contributed by atoms with Crippen LogP contribution in [0.4, 0.5) is 0 Å². The molecular formula is C18H9Cl3N2S. The smallest absolute Gasteiger partial charge is 0.134 e. The number of allylic oxidation sites excluding steroid dienone is 1. The molecule has 118 valence electrons. The summed E-state index contributed by atoms with van der Waals surface area (Å²) in [4.78, 5) is 4.53. The van der Waals surface area contributed by atoms with Gasteiger partial charge in [-0.05, 0) is 29.8 Å². The molecule has 0 atom stereocenters. The zero-order chi connectivity index (χ0) is 17.1. The zero-order valence-corrected chi connectivity index (χ0v) is 15.2. The Morgan fingerprint density at radius 2 is 1.83 bits per heavy atom. The molecular weight excluding hydrogens is 383 g/mol. The largest absolute Gasteiger partial charge is 0.235 e. The number of hydrogen-bond acceptors (Lipinski definition) is 3. The maximum atomic E-state index is 9.46. The van der Waals surface area contributed by atoms with Crippen molar-refractivity contribution in [2.45, 2.75) is 0 Å². The summed E-state index contributed by atoms with van der Waals surface area (Å²) >= 11 is 19.5. The summed E-state index contributed by atoms with van der Waals surface area (Å²) in [5.41, 5.74) is 2.83. The van der Waals surface area contributed by atoms with Gasteiger partial charge in [0.25, 0.3) is 0 Å². The van der Waals surface area contributed by atoms with Crippen molar-refractivity contribution in [2.24, 2.45) is 0 Å². The fourth-order valence-electron chi connectivity index (χ4n) is 2.07. The van der Waals surface area contributed by atoms with Crippen LogP contribution in [0.15, 0.2) is 47.8 Å². The molecule has 0 aliphatic rings. The van der Waals surface area contributed by atoms with Gasteiger partial charge in [-0.25, -0.2) is 4.98 Å². The number of nitriles is 1. The lowest BCUT2D eigenvalue weighted by Crippen LogP contribution is -1.84. The highest BCUT2D eigenvalue weighted by Gasteiger charge is 2.11. The fraction of sp³-hybridized carbons (Fsp3) is 0. The molecule has 0 radical (unpaired) electrons. The van der Waals surface area contributed by atoms with Crippen LogP contribution in [-0.4, -0.2) is 4.98 Å². The number of aromatic nitrogens is 1. The summed E-state index contributed by atoms with van der Waals surface area (Å²) in [6.07, 6.45) is 1.74. The third-order valence-electron chi connectivity index (χ3n) is 3.28. The van der Waals surface area contributed by atoms with E-state index in [0.29, 0.717) is 25.6 Å². The Hall–Kier alpha value is -1.83. The summed E-state index contributed by atoms with van der Waals surface area (Å²) in [5, 5.41) is 13.5. The monoisotopic (exact) mass is 390 g/mol. The first kappa shape index (κ1) is 17.0. The maximum Gasteiger partial charge on any atom is 0.134 e. The molecule has 0 saturated heterocycles. The second-order valence-electron chi connectivity index (χ2n) is 4.86. The van der Waals surface area contributed by atoms with Crippen molar-refractivity contribution < 1.29 is 0 Å². The van der Waals surface area contributed by atoms with Crippen LogP contribution >= 0.6 is 46.1 Å². The Balaban J connectivity index is 1.98. The van der Waals surface area contributed by atoms with E-state index in [1.165, 1.54) is 11.3 Å². The number of nitrogens with zero attached hydrogens (tertiary/aromatic N) is 2. The molecule has 0 spiro atoms. The van der Waals surface area contributed by atoms with Gasteiger partial charge in [-0.3, -0.25) is 0 Å². The predicted octanol–water partition coefficient (Wildman–Crippen LogP) is 6.83. The Bertz CT molecular complexity index is 970. The topological polar surface area (TPSA) is 36.7 Å². The number of benzene rings is 2. The first-order valence-electron chi connectivity index (χ1n) is 6.86. The Kier molecular flexibility index (Phi) is 5.23. The third kappa shape index (κ3) is 3.63. The Labute approximate surface area is 158 Å². The van der Waals surface area contributed by atoms with Gasteiger partial charge in [-0.15, -0.1) is 11.3 Å². The zero-order valence-electron chi connectivity index (χ0n) is 12.1. The summed E-state index contributed by atoms with van der Waals surface area (Å²) < 4.78 is 0. The lowest BCUT2D eigenvalue weighted by Gasteiger charge is -2.00. The molecule has 2 aromatic carbocycles. The molecule has 3 rings (SSSR count). The van der Waals surface area contributed by atoms with Crippen molar-refractivity contribution in [1.82, 2.24) is 4.98 Å². The molecule has 0 amide bonds. The molecule has 0 fully saturated rings. The number of rotatable bonds is 3. The normalized spacial score (nSPS) is 11.3. The molecule has 0 N–H and O–H groups in total. The molecule has 0 bridgehead atoms. The van der Waals surface area contributed by atoms with Crippen molar-refractivity contribution >= 4 is 57.8 Å². The second kappa shape index (κ2) is 7.38. The molecule has 3 aromatic rings. The minimum atomic E-state index is 0.458. The average Bonchev–Trinajstić information content (AvgIpc) is 3.06. The van der Waals surface area contributed by atoms with Crippen LogP contribution < -0.4 is 0 Å². The maximum absolute atomic E-state index is 9.46. The van der Waals surface area contributed by atoms with Gasteiger partial charge in [0.05, 0.1) is 21.3 Å². The van der Waals surface area contributed by atoms with Gasteiger partial charge in [-0.2, -0.15) is 5.26 Å². The van der Waals surface area contributed by atoms with E-state index in [0.717, 1.165) is 16.8 Å². The van der Waals surface area contributed by atoms with Gasteiger partial charge in [0.15, 0.2) is 0 Å². The van der Waals surface area contributed by atoms with Gasteiger partial charge in [0, 0.05) is 16.0 Å². The fourth-order valence-corrected chi connectivity index (χ4v) is 3.36. The molecule has 0 saturated carbocycles. The predicted molar refractivity (Wildman–Crippen MR) is 103 cm³/mol. The molecule has 24 heavy (non-hydrogen) atoms. The first-order valence-corrected chi connectivity index (χ1v) is 8.87. The summed E-state index contributed by atoms with van der Waals surface area (Å²) in [5.74, 6) is 0. The minimum absolute atomic E-state index is 0.458. The van der Waals surface area contributed by atoms with Crippen LogP contribution in [0.3, 0.4) is 0 Å². The molecule has 2 nitrogen and oxygen atoms in total. The van der Waals surface area contributed by atoms with E-state index in [1.54, 1.807) is 24.3 Å². The lowest BCUT2D eigenvalue weighted by atomic mass is 10.1. The summed E-state index contributed by atoms with van der Waals surface area (Å²) in [6, 6.07) is 14.9. The van der Waals surface area contributed by atoms with E-state index in [2.05, 4.69) is 11.1 Å². The van der Waals surface area contributed by atoms with Gasteiger partial charge < -0.3 is 0 Å². The molecule has 0 aliphatic heterocycles. The van der Waals surface area contributed by atoms with Crippen LogP contribution in [0.25, 0.3) is 22.9 Å². The van der Waals surface area contributed by atoms with Crippen LogP contribution in [0.2, 0.25) is 15.1 Å². The second-order valence-corrected chi connectivity index (χ2v) is 6.94. The van der Waals surface area contributed by atoms with Crippen LogP contribution in [0.5, 0.6) is 0 Å². The van der Waals surface area contributed by atoms with E-state index in [9.17, 15) is 5.26 Å². The van der Waals surface area contributed by atoms with Gasteiger partial charge in [0.1, 0.15) is 11.1 Å². The van der Waals surface area contributed by atoms with Crippen LogP contribution in [-0.2, 0) is 0 Å². The Morgan fingerprint density at radius 1 is 1.04 bits per heavy atom. The van der Waals surface area contributed by atoms with Crippen LogP contribution in [0, 0.1) is 11.3 Å². The van der Waals surface area contributed by atoms with Crippen molar-refractivity contribution in [3.05, 3.63) is 73.5 Å². The highest BCUT2D eigenvalue weighted by atomic mass is 35.5. The van der Waals surface area contributed by atoms with Gasteiger partial charge >= 0.3 is 0 Å². The molecule has 6 heteroatoms. The van der Waals surface area contributed by atoms with E-state index < -0.39 is 0 Å². The van der Waals surface area contributed by atoms with E-state index in [1.807, 2.05) is 29.6 Å². The average molecular weight is 392 g/mol. The number of hydrogen-bond donors (Lipinski definition) is 0. The van der Waals surface area contributed by atoms with Crippen molar-refractivity contribution in [2.75, 3.05) is 0 Å². The third-order valence-corrected chi connectivity index (χ3v) is 5.23. The number of halogens is 3. The standard InChI is InChI=1S/C18H9Cl3N2S/c19-14-4-2-1-3-11(14)7-13(9-22)18-23-17(10-24-18)12-5-6-15(20)16(21)8-12/h1-8,10H/b13-7-. The highest BCUT2D eigenvalue weighted by molar-refractivity contribution is 7.11. The van der Waals surface area contributed by atoms with E-state index >= 15 is 0 Å². The van der Waals surface area contributed by atoms with Gasteiger partial charge in [-0.1, -0.05) is 59.1 Å². The van der Waals surface area contributed by atoms with Crippen molar-refractivity contribution in [3.8, 4) is 17.3 Å². The summed E-state index contributed by atoms with van der Waals surface area (Å²) in [6.45, 7) is 0. The SMILES string of the molecule is N#C/C(=C/c1ccccc1Cl)c1nc(-c2ccc(Cl)c(Cl)c2)cs1. The Morgan fingerprint density at radius 3 is 2.54 bits per heavy atom. The molecule has 1 aromatic heterocycles. The lowest BCUT2D eigenvalue weighted by molar-refractivity contribution is 1.37. The highest BCUT2D eigenvalue weighted by Crippen LogP contribution is 2.31.